The van der Waals surface area contributed by atoms with Crippen LogP contribution in [0.25, 0.3) is 0 Å². The zero-order valence-electron chi connectivity index (χ0n) is 10.6. The zero-order chi connectivity index (χ0) is 13.5. The predicted octanol–water partition coefficient (Wildman–Crippen LogP) is 1.99. The Hall–Kier alpha value is -1.10. The third kappa shape index (κ3) is 3.98. The smallest absolute Gasteiger partial charge is 0.159 e. The van der Waals surface area contributed by atoms with Gasteiger partial charge in [0.15, 0.2) is 5.78 Å². The molecule has 1 N–H and O–H groups in total. The largest absolute Gasteiger partial charge is 0.395 e. The minimum Gasteiger partial charge on any atom is -0.395 e. The lowest BCUT2D eigenvalue weighted by Gasteiger charge is -2.24. The van der Waals surface area contributed by atoms with Crippen LogP contribution in [0.5, 0.6) is 0 Å². The van der Waals surface area contributed by atoms with E-state index in [1.807, 2.05) is 4.90 Å². The van der Waals surface area contributed by atoms with Crippen LogP contribution in [0.1, 0.15) is 17.3 Å². The summed E-state index contributed by atoms with van der Waals surface area (Å²) in [6.07, 6.45) is 0. The maximum Gasteiger partial charge on any atom is 0.159 e. The lowest BCUT2D eigenvalue weighted by Crippen LogP contribution is -2.30. The average molecular weight is 272 g/mol. The van der Waals surface area contributed by atoms with Crippen LogP contribution in [-0.2, 0) is 4.74 Å². The molecule has 18 heavy (non-hydrogen) atoms. The monoisotopic (exact) mass is 271 g/mol. The summed E-state index contributed by atoms with van der Waals surface area (Å²) in [5.74, 6) is -0.0194. The molecular weight excluding hydrogens is 254 g/mol. The first-order valence-corrected chi connectivity index (χ1v) is 6.13. The van der Waals surface area contributed by atoms with Crippen LogP contribution in [0.2, 0.25) is 5.02 Å². The van der Waals surface area contributed by atoms with Crippen molar-refractivity contribution in [2.75, 3.05) is 38.3 Å². The van der Waals surface area contributed by atoms with Gasteiger partial charge in [0, 0.05) is 25.8 Å². The van der Waals surface area contributed by atoms with E-state index in [4.69, 9.17) is 21.4 Å². The number of Topliss-reactive ketones (excluding diaryl/α,β-unsaturated/α-hetero) is 1. The number of anilines is 1. The summed E-state index contributed by atoms with van der Waals surface area (Å²) in [7, 11) is 1.62. The Balaban J connectivity index is 2.93. The average Bonchev–Trinajstić information content (AvgIpc) is 2.34. The second-order valence-corrected chi connectivity index (χ2v) is 4.33. The van der Waals surface area contributed by atoms with Crippen molar-refractivity contribution >= 4 is 23.1 Å². The minimum atomic E-state index is -0.0194. The van der Waals surface area contributed by atoms with Gasteiger partial charge in [-0.2, -0.15) is 0 Å². The second-order valence-electron chi connectivity index (χ2n) is 3.93. The summed E-state index contributed by atoms with van der Waals surface area (Å²) in [4.78, 5) is 13.2. The van der Waals surface area contributed by atoms with Crippen molar-refractivity contribution < 1.29 is 14.6 Å². The van der Waals surface area contributed by atoms with Gasteiger partial charge in [0.2, 0.25) is 0 Å². The van der Waals surface area contributed by atoms with E-state index in [9.17, 15) is 4.79 Å². The van der Waals surface area contributed by atoms with Gasteiger partial charge in [0.05, 0.1) is 23.9 Å². The van der Waals surface area contributed by atoms with E-state index in [2.05, 4.69) is 0 Å². The van der Waals surface area contributed by atoms with Crippen molar-refractivity contribution in [3.63, 3.8) is 0 Å². The quantitative estimate of drug-likeness (QED) is 0.771. The highest BCUT2D eigenvalue weighted by Gasteiger charge is 2.11. The van der Waals surface area contributed by atoms with E-state index < -0.39 is 0 Å². The number of ether oxygens (including phenoxy) is 1. The summed E-state index contributed by atoms with van der Waals surface area (Å²) in [6, 6.07) is 5.18. The van der Waals surface area contributed by atoms with Crippen molar-refractivity contribution in [3.05, 3.63) is 28.8 Å². The van der Waals surface area contributed by atoms with E-state index >= 15 is 0 Å². The fourth-order valence-corrected chi connectivity index (χ4v) is 1.96. The summed E-state index contributed by atoms with van der Waals surface area (Å²) in [5.41, 5.74) is 1.38. The molecule has 1 rings (SSSR count). The molecule has 1 aromatic rings. The number of rotatable bonds is 7. The van der Waals surface area contributed by atoms with Gasteiger partial charge in [-0.05, 0) is 25.1 Å². The lowest BCUT2D eigenvalue weighted by atomic mass is 10.1. The van der Waals surface area contributed by atoms with Gasteiger partial charge in [-0.15, -0.1) is 0 Å². The summed E-state index contributed by atoms with van der Waals surface area (Å²) in [6.45, 7) is 3.19. The number of benzene rings is 1. The normalized spacial score (nSPS) is 10.4. The molecule has 0 spiro atoms. The Morgan fingerprint density at radius 3 is 2.67 bits per heavy atom. The molecule has 100 valence electrons. The molecule has 0 saturated heterocycles. The van der Waals surface area contributed by atoms with E-state index in [1.54, 1.807) is 25.3 Å². The molecule has 0 aromatic heterocycles. The number of carbonyl (C=O) groups is 1. The number of aliphatic hydroxyl groups is 1. The molecule has 4 nitrogen and oxygen atoms in total. The van der Waals surface area contributed by atoms with Crippen molar-refractivity contribution in [2.24, 2.45) is 0 Å². The molecule has 5 heteroatoms. The van der Waals surface area contributed by atoms with Crippen molar-refractivity contribution in [1.82, 2.24) is 0 Å². The van der Waals surface area contributed by atoms with E-state index in [0.29, 0.717) is 30.3 Å². The molecule has 0 aliphatic rings. The molecule has 0 heterocycles. The van der Waals surface area contributed by atoms with Crippen LogP contribution < -0.4 is 4.90 Å². The molecule has 0 amide bonds. The molecule has 0 atom stereocenters. The highest BCUT2D eigenvalue weighted by atomic mass is 35.5. The Morgan fingerprint density at radius 2 is 2.17 bits per heavy atom. The molecule has 1 aromatic carbocycles. The van der Waals surface area contributed by atoms with Crippen LogP contribution in [0.4, 0.5) is 5.69 Å². The fourth-order valence-electron chi connectivity index (χ4n) is 1.66. The first-order chi connectivity index (χ1) is 8.60. The van der Waals surface area contributed by atoms with Gasteiger partial charge in [-0.1, -0.05) is 11.6 Å². The molecule has 0 aliphatic heterocycles. The highest BCUT2D eigenvalue weighted by molar-refractivity contribution is 6.33. The number of aliphatic hydroxyl groups excluding tert-OH is 1. The minimum absolute atomic E-state index is 0.0194. The first kappa shape index (κ1) is 15.0. The van der Waals surface area contributed by atoms with Crippen LogP contribution in [-0.4, -0.2) is 44.3 Å². The van der Waals surface area contributed by atoms with Crippen LogP contribution >= 0.6 is 11.6 Å². The number of carbonyl (C=O) groups excluding carboxylic acids is 1. The molecule has 0 saturated carbocycles. The van der Waals surface area contributed by atoms with Gasteiger partial charge in [-0.25, -0.2) is 0 Å². The number of halogens is 1. The van der Waals surface area contributed by atoms with E-state index in [1.165, 1.54) is 6.92 Å². The number of hydrogen-bond donors (Lipinski definition) is 1. The fraction of sp³-hybridized carbons (Fsp3) is 0.462. The maximum absolute atomic E-state index is 11.2. The van der Waals surface area contributed by atoms with Crippen LogP contribution in [0.3, 0.4) is 0 Å². The van der Waals surface area contributed by atoms with Crippen molar-refractivity contribution in [2.45, 2.75) is 6.92 Å². The molecule has 0 unspecified atom stereocenters. The van der Waals surface area contributed by atoms with Crippen molar-refractivity contribution in [3.8, 4) is 0 Å². The third-order valence-corrected chi connectivity index (χ3v) is 2.93. The predicted molar refractivity (Wildman–Crippen MR) is 72.6 cm³/mol. The Morgan fingerprint density at radius 1 is 1.44 bits per heavy atom. The lowest BCUT2D eigenvalue weighted by molar-refractivity contribution is 0.101. The molecule has 0 aliphatic carbocycles. The van der Waals surface area contributed by atoms with Crippen LogP contribution in [0, 0.1) is 0 Å². The van der Waals surface area contributed by atoms with E-state index in [0.717, 1.165) is 5.69 Å². The second kappa shape index (κ2) is 7.36. The topological polar surface area (TPSA) is 49.8 Å². The third-order valence-electron chi connectivity index (χ3n) is 2.63. The van der Waals surface area contributed by atoms with Gasteiger partial charge in [0.1, 0.15) is 0 Å². The number of methoxy groups -OCH3 is 1. The summed E-state index contributed by atoms with van der Waals surface area (Å²) in [5, 5.41) is 9.56. The van der Waals surface area contributed by atoms with Crippen LogP contribution in [0.15, 0.2) is 18.2 Å². The maximum atomic E-state index is 11.2. The summed E-state index contributed by atoms with van der Waals surface area (Å²) < 4.78 is 5.02. The number of ketones is 1. The SMILES string of the molecule is COCCN(CCO)c1ccc(C(C)=O)cc1Cl. The molecule has 0 bridgehead atoms. The summed E-state index contributed by atoms with van der Waals surface area (Å²) >= 11 is 6.17. The molecule has 0 radical (unpaired) electrons. The van der Waals surface area contributed by atoms with Gasteiger partial charge in [-0.3, -0.25) is 4.79 Å². The Labute approximate surface area is 112 Å². The Kier molecular flexibility index (Phi) is 6.12. The molecular formula is C13H18ClNO3. The number of nitrogens with zero attached hydrogens (tertiary/aromatic N) is 1. The van der Waals surface area contributed by atoms with Gasteiger partial charge < -0.3 is 14.7 Å². The van der Waals surface area contributed by atoms with Gasteiger partial charge in [0.25, 0.3) is 0 Å². The van der Waals surface area contributed by atoms with Crippen molar-refractivity contribution in [1.29, 1.82) is 0 Å². The van der Waals surface area contributed by atoms with E-state index in [-0.39, 0.29) is 12.4 Å². The zero-order valence-corrected chi connectivity index (χ0v) is 11.4. The standard InChI is InChI=1S/C13H18ClNO3/c1-10(17)11-3-4-13(12(14)9-11)15(5-7-16)6-8-18-2/h3-4,9,16H,5-8H2,1-2H3. The number of hydrogen-bond acceptors (Lipinski definition) is 4. The Bertz CT molecular complexity index is 409. The highest BCUT2D eigenvalue weighted by Crippen LogP contribution is 2.26. The van der Waals surface area contributed by atoms with Gasteiger partial charge >= 0.3 is 0 Å². The first-order valence-electron chi connectivity index (χ1n) is 5.75. The molecule has 0 fully saturated rings.